The molecule has 0 aliphatic heterocycles. The Hall–Kier alpha value is -2.55. The van der Waals surface area contributed by atoms with Gasteiger partial charge in [-0.2, -0.15) is 0 Å². The molecule has 3 rings (SSSR count). The van der Waals surface area contributed by atoms with Crippen molar-refractivity contribution in [1.29, 1.82) is 0 Å². The second kappa shape index (κ2) is 5.68. The summed E-state index contributed by atoms with van der Waals surface area (Å²) in [7, 11) is 0. The third-order valence-electron chi connectivity index (χ3n) is 3.92. The summed E-state index contributed by atoms with van der Waals surface area (Å²) >= 11 is 0. The summed E-state index contributed by atoms with van der Waals surface area (Å²) in [6, 6.07) is 17.1. The highest BCUT2D eigenvalue weighted by molar-refractivity contribution is 5.87. The molecule has 0 fully saturated rings. The Kier molecular flexibility index (Phi) is 3.72. The van der Waals surface area contributed by atoms with Gasteiger partial charge in [-0.25, -0.2) is 4.98 Å². The van der Waals surface area contributed by atoms with Crippen LogP contribution in [-0.4, -0.2) is 9.55 Å². The van der Waals surface area contributed by atoms with E-state index < -0.39 is 0 Å². The van der Waals surface area contributed by atoms with Crippen LogP contribution in [0.2, 0.25) is 0 Å². The van der Waals surface area contributed by atoms with Gasteiger partial charge in [0.15, 0.2) is 0 Å². The van der Waals surface area contributed by atoms with E-state index in [-0.39, 0.29) is 6.04 Å². The third-order valence-corrected chi connectivity index (χ3v) is 3.92. The first kappa shape index (κ1) is 14.4. The maximum absolute atomic E-state index is 6.06. The van der Waals surface area contributed by atoms with E-state index >= 15 is 0 Å². The average molecular weight is 291 g/mol. The first-order valence-electron chi connectivity index (χ1n) is 7.61. The first-order valence-corrected chi connectivity index (χ1v) is 7.61. The van der Waals surface area contributed by atoms with Crippen molar-refractivity contribution in [3.63, 3.8) is 0 Å². The summed E-state index contributed by atoms with van der Waals surface area (Å²) in [6.07, 6.45) is 2.15. The van der Waals surface area contributed by atoms with E-state index in [2.05, 4.69) is 72.8 Å². The van der Waals surface area contributed by atoms with Crippen LogP contribution in [0.1, 0.15) is 37.9 Å². The van der Waals surface area contributed by atoms with Crippen LogP contribution in [0, 0.1) is 0 Å². The van der Waals surface area contributed by atoms with Gasteiger partial charge in [-0.1, -0.05) is 42.5 Å². The molecule has 0 radical (unpaired) electrons. The highest BCUT2D eigenvalue weighted by Crippen LogP contribution is 2.29. The lowest BCUT2D eigenvalue weighted by atomic mass is 9.97. The zero-order valence-corrected chi connectivity index (χ0v) is 13.2. The molecule has 0 aliphatic rings. The van der Waals surface area contributed by atoms with Gasteiger partial charge in [0, 0.05) is 6.04 Å². The minimum absolute atomic E-state index is 0.283. The Morgan fingerprint density at radius 1 is 1.09 bits per heavy atom. The molecule has 112 valence electrons. The second-order valence-electron chi connectivity index (χ2n) is 5.71. The van der Waals surface area contributed by atoms with Gasteiger partial charge in [-0.3, -0.25) is 0 Å². The Morgan fingerprint density at radius 3 is 2.45 bits per heavy atom. The molecular weight excluding hydrogens is 270 g/mol. The third kappa shape index (κ3) is 2.39. The van der Waals surface area contributed by atoms with Crippen molar-refractivity contribution in [3.05, 3.63) is 65.7 Å². The van der Waals surface area contributed by atoms with E-state index in [1.807, 2.05) is 12.1 Å². The molecule has 0 bridgehead atoms. The number of nitrogens with two attached hydrogens (primary N) is 1. The summed E-state index contributed by atoms with van der Waals surface area (Å²) < 4.78 is 2.08. The second-order valence-corrected chi connectivity index (χ2v) is 5.71. The minimum Gasteiger partial charge on any atom is -0.369 e. The lowest BCUT2D eigenvalue weighted by Crippen LogP contribution is -2.05. The van der Waals surface area contributed by atoms with E-state index in [1.165, 1.54) is 16.7 Å². The van der Waals surface area contributed by atoms with Crippen LogP contribution in [0.3, 0.4) is 0 Å². The number of allylic oxidation sites excluding steroid dienone is 1. The summed E-state index contributed by atoms with van der Waals surface area (Å²) in [5.41, 5.74) is 11.7. The molecule has 0 amide bonds. The lowest BCUT2D eigenvalue weighted by Gasteiger charge is -2.12. The maximum Gasteiger partial charge on any atom is 0.201 e. The van der Waals surface area contributed by atoms with Gasteiger partial charge in [0.1, 0.15) is 0 Å². The van der Waals surface area contributed by atoms with Crippen molar-refractivity contribution in [1.82, 2.24) is 9.55 Å². The molecular formula is C19H21N3. The molecule has 3 aromatic rings. The Bertz CT molecular complexity index is 827. The molecule has 1 heterocycles. The molecule has 0 aliphatic carbocycles. The van der Waals surface area contributed by atoms with Gasteiger partial charge in [0.05, 0.1) is 11.0 Å². The van der Waals surface area contributed by atoms with Crippen molar-refractivity contribution in [2.75, 3.05) is 5.73 Å². The summed E-state index contributed by atoms with van der Waals surface area (Å²) in [5, 5.41) is 0. The monoisotopic (exact) mass is 291 g/mol. The van der Waals surface area contributed by atoms with E-state index in [1.54, 1.807) is 0 Å². The summed E-state index contributed by atoms with van der Waals surface area (Å²) in [5.74, 6) is 0.573. The van der Waals surface area contributed by atoms with Crippen molar-refractivity contribution in [3.8, 4) is 0 Å². The zero-order chi connectivity index (χ0) is 15.7. The van der Waals surface area contributed by atoms with Crippen LogP contribution < -0.4 is 5.73 Å². The molecule has 0 unspecified atom stereocenters. The molecule has 0 spiro atoms. The number of benzene rings is 2. The van der Waals surface area contributed by atoms with Crippen molar-refractivity contribution in [2.24, 2.45) is 0 Å². The standard InChI is InChI=1S/C19H21N3/c1-4-16(14-8-6-5-7-9-14)15-10-11-17-18(12-15)22(13(2)3)19(20)21-17/h4-13H,1-3H3,(H2,20,21)/b16-4-. The maximum atomic E-state index is 6.06. The topological polar surface area (TPSA) is 43.8 Å². The van der Waals surface area contributed by atoms with Gasteiger partial charge in [0.25, 0.3) is 0 Å². The van der Waals surface area contributed by atoms with E-state index in [9.17, 15) is 0 Å². The largest absolute Gasteiger partial charge is 0.369 e. The number of rotatable bonds is 3. The van der Waals surface area contributed by atoms with Crippen LogP contribution in [0.25, 0.3) is 16.6 Å². The van der Waals surface area contributed by atoms with Crippen LogP contribution in [-0.2, 0) is 0 Å². The zero-order valence-electron chi connectivity index (χ0n) is 13.2. The molecule has 0 atom stereocenters. The predicted molar refractivity (Wildman–Crippen MR) is 93.7 cm³/mol. The summed E-state index contributed by atoms with van der Waals surface area (Å²) in [6.45, 7) is 6.32. The minimum atomic E-state index is 0.283. The Morgan fingerprint density at radius 2 is 1.82 bits per heavy atom. The summed E-state index contributed by atoms with van der Waals surface area (Å²) in [4.78, 5) is 4.45. The molecule has 1 aromatic heterocycles. The SMILES string of the molecule is C/C=C(/c1ccccc1)c1ccc2nc(N)n(C(C)C)c2c1. The number of hydrogen-bond acceptors (Lipinski definition) is 2. The van der Waals surface area contributed by atoms with E-state index in [4.69, 9.17) is 5.73 Å². The quantitative estimate of drug-likeness (QED) is 0.763. The first-order chi connectivity index (χ1) is 10.6. The van der Waals surface area contributed by atoms with Crippen LogP contribution >= 0.6 is 0 Å². The highest BCUT2D eigenvalue weighted by atomic mass is 15.2. The molecule has 2 N–H and O–H groups in total. The Balaban J connectivity index is 2.18. The van der Waals surface area contributed by atoms with Crippen LogP contribution in [0.4, 0.5) is 5.95 Å². The molecule has 0 saturated carbocycles. The van der Waals surface area contributed by atoms with Crippen molar-refractivity contribution < 1.29 is 0 Å². The van der Waals surface area contributed by atoms with Crippen molar-refractivity contribution in [2.45, 2.75) is 26.8 Å². The van der Waals surface area contributed by atoms with Gasteiger partial charge in [0.2, 0.25) is 5.95 Å². The van der Waals surface area contributed by atoms with Gasteiger partial charge < -0.3 is 10.3 Å². The normalized spacial score (nSPS) is 12.3. The number of nitrogen functional groups attached to an aromatic ring is 1. The fraction of sp³-hybridized carbons (Fsp3) is 0.211. The number of imidazole rings is 1. The number of fused-ring (bicyclic) bond motifs is 1. The molecule has 3 nitrogen and oxygen atoms in total. The fourth-order valence-electron chi connectivity index (χ4n) is 2.94. The van der Waals surface area contributed by atoms with Crippen LogP contribution in [0.15, 0.2) is 54.6 Å². The number of anilines is 1. The lowest BCUT2D eigenvalue weighted by molar-refractivity contribution is 0.627. The Labute approximate surface area is 131 Å². The van der Waals surface area contributed by atoms with E-state index in [0.29, 0.717) is 5.95 Å². The predicted octanol–water partition coefficient (Wildman–Crippen LogP) is 4.65. The molecule has 3 heteroatoms. The fourth-order valence-corrected chi connectivity index (χ4v) is 2.94. The molecule has 2 aromatic carbocycles. The smallest absolute Gasteiger partial charge is 0.201 e. The average Bonchev–Trinajstić information content (AvgIpc) is 2.84. The van der Waals surface area contributed by atoms with Gasteiger partial charge in [-0.15, -0.1) is 0 Å². The number of nitrogens with zero attached hydrogens (tertiary/aromatic N) is 2. The highest BCUT2D eigenvalue weighted by Gasteiger charge is 2.13. The molecule has 22 heavy (non-hydrogen) atoms. The number of hydrogen-bond donors (Lipinski definition) is 1. The van der Waals surface area contributed by atoms with Crippen LogP contribution in [0.5, 0.6) is 0 Å². The van der Waals surface area contributed by atoms with Gasteiger partial charge in [-0.05, 0) is 49.6 Å². The van der Waals surface area contributed by atoms with Crippen molar-refractivity contribution >= 4 is 22.6 Å². The van der Waals surface area contributed by atoms with Gasteiger partial charge >= 0.3 is 0 Å². The molecule has 0 saturated heterocycles. The van der Waals surface area contributed by atoms with E-state index in [0.717, 1.165) is 11.0 Å². The number of aromatic nitrogens is 2.